The number of thiophene rings is 1. The summed E-state index contributed by atoms with van der Waals surface area (Å²) in [5.41, 5.74) is -0.221. The van der Waals surface area contributed by atoms with E-state index in [1.807, 2.05) is 16.8 Å². The topological polar surface area (TPSA) is 105 Å². The second-order valence-corrected chi connectivity index (χ2v) is 6.08. The molecule has 0 aromatic carbocycles. The predicted octanol–water partition coefficient (Wildman–Crippen LogP) is 1.85. The molecule has 1 amide bonds. The average Bonchev–Trinajstić information content (AvgIpc) is 3.10. The lowest BCUT2D eigenvalue weighted by atomic mass is 9.76. The van der Waals surface area contributed by atoms with Gasteiger partial charge < -0.3 is 14.8 Å². The second kappa shape index (κ2) is 5.88. The average molecular weight is 321 g/mol. The van der Waals surface area contributed by atoms with Gasteiger partial charge in [0.2, 0.25) is 17.7 Å². The third-order valence-electron chi connectivity index (χ3n) is 3.80. The van der Waals surface area contributed by atoms with Crippen LogP contribution in [0.2, 0.25) is 0 Å². The van der Waals surface area contributed by atoms with Crippen LogP contribution < -0.4 is 5.32 Å². The number of hydrogen-bond acceptors (Lipinski definition) is 6. The Bertz CT molecular complexity index is 676. The van der Waals surface area contributed by atoms with E-state index in [-0.39, 0.29) is 12.3 Å². The molecule has 1 aliphatic rings. The van der Waals surface area contributed by atoms with E-state index in [0.29, 0.717) is 31.0 Å². The van der Waals surface area contributed by atoms with E-state index in [9.17, 15) is 14.7 Å². The number of rotatable bonds is 6. The first-order valence-corrected chi connectivity index (χ1v) is 7.93. The smallest absolute Gasteiger partial charge is 0.329 e. The van der Waals surface area contributed by atoms with Crippen LogP contribution in [0.25, 0.3) is 11.5 Å². The van der Waals surface area contributed by atoms with E-state index in [1.54, 1.807) is 0 Å². The predicted molar refractivity (Wildman–Crippen MR) is 78.3 cm³/mol. The van der Waals surface area contributed by atoms with E-state index in [0.717, 1.165) is 12.0 Å². The van der Waals surface area contributed by atoms with Crippen LogP contribution in [0, 0.1) is 0 Å². The Morgan fingerprint density at radius 3 is 2.82 bits per heavy atom. The third kappa shape index (κ3) is 2.87. The molecule has 0 spiro atoms. The zero-order chi connectivity index (χ0) is 15.6. The molecule has 0 bridgehead atoms. The van der Waals surface area contributed by atoms with Crippen molar-refractivity contribution in [1.82, 2.24) is 15.5 Å². The van der Waals surface area contributed by atoms with E-state index in [4.69, 9.17) is 4.42 Å². The highest BCUT2D eigenvalue weighted by Gasteiger charge is 2.45. The quantitative estimate of drug-likeness (QED) is 0.841. The molecule has 2 heterocycles. The molecule has 116 valence electrons. The number of aryl methyl sites for hydroxylation is 1. The second-order valence-electron chi connectivity index (χ2n) is 5.30. The highest BCUT2D eigenvalue weighted by molar-refractivity contribution is 7.08. The van der Waals surface area contributed by atoms with Gasteiger partial charge in [0.1, 0.15) is 5.54 Å². The first-order valence-electron chi connectivity index (χ1n) is 6.98. The molecule has 0 unspecified atom stereocenters. The van der Waals surface area contributed by atoms with E-state index in [2.05, 4.69) is 15.5 Å². The fourth-order valence-electron chi connectivity index (χ4n) is 2.33. The van der Waals surface area contributed by atoms with Crippen LogP contribution in [0.5, 0.6) is 0 Å². The normalized spacial score (nSPS) is 16.0. The van der Waals surface area contributed by atoms with Crippen molar-refractivity contribution in [2.24, 2.45) is 0 Å². The number of nitrogens with one attached hydrogen (secondary N) is 1. The zero-order valence-corrected chi connectivity index (χ0v) is 12.6. The van der Waals surface area contributed by atoms with Crippen LogP contribution in [0.3, 0.4) is 0 Å². The maximum Gasteiger partial charge on any atom is 0.329 e. The maximum absolute atomic E-state index is 11.9. The van der Waals surface area contributed by atoms with Gasteiger partial charge in [-0.05, 0) is 30.7 Å². The van der Waals surface area contributed by atoms with Crippen molar-refractivity contribution >= 4 is 23.2 Å². The summed E-state index contributed by atoms with van der Waals surface area (Å²) in [6.45, 7) is 0. The van der Waals surface area contributed by atoms with Crippen LogP contribution in [-0.2, 0) is 16.0 Å². The van der Waals surface area contributed by atoms with Gasteiger partial charge >= 0.3 is 5.97 Å². The molecule has 8 heteroatoms. The summed E-state index contributed by atoms with van der Waals surface area (Å²) < 4.78 is 5.48. The van der Waals surface area contributed by atoms with Gasteiger partial charge in [-0.1, -0.05) is 0 Å². The fraction of sp³-hybridized carbons (Fsp3) is 0.429. The summed E-state index contributed by atoms with van der Waals surface area (Å²) in [5, 5.41) is 23.4. The molecule has 0 saturated heterocycles. The van der Waals surface area contributed by atoms with Gasteiger partial charge in [0, 0.05) is 23.8 Å². The molecule has 0 radical (unpaired) electrons. The largest absolute Gasteiger partial charge is 0.480 e. The van der Waals surface area contributed by atoms with Gasteiger partial charge in [-0.2, -0.15) is 11.3 Å². The number of nitrogens with zero attached hydrogens (tertiary/aromatic N) is 2. The van der Waals surface area contributed by atoms with Crippen molar-refractivity contribution in [3.63, 3.8) is 0 Å². The van der Waals surface area contributed by atoms with Crippen molar-refractivity contribution in [3.05, 3.63) is 22.7 Å². The Hall–Kier alpha value is -2.22. The Morgan fingerprint density at radius 2 is 2.23 bits per heavy atom. The molecule has 22 heavy (non-hydrogen) atoms. The monoisotopic (exact) mass is 321 g/mol. The summed E-state index contributed by atoms with van der Waals surface area (Å²) in [6, 6.07) is 1.88. The molecule has 2 aromatic rings. The summed E-state index contributed by atoms with van der Waals surface area (Å²) >= 11 is 1.53. The standard InChI is InChI=1S/C14H15N3O4S/c18-10(15-14(13(19)20)5-1-6-14)2-3-11-16-17-12(21-11)9-4-7-22-8-9/h4,7-8H,1-3,5-6H2,(H,15,18)(H,19,20). The molecule has 1 saturated carbocycles. The van der Waals surface area contributed by atoms with Crippen molar-refractivity contribution < 1.29 is 19.1 Å². The number of aromatic nitrogens is 2. The van der Waals surface area contributed by atoms with E-state index in [1.165, 1.54) is 11.3 Å². The zero-order valence-electron chi connectivity index (χ0n) is 11.7. The van der Waals surface area contributed by atoms with Crippen molar-refractivity contribution in [1.29, 1.82) is 0 Å². The molecule has 7 nitrogen and oxygen atoms in total. The van der Waals surface area contributed by atoms with Crippen LogP contribution in [0.4, 0.5) is 0 Å². The SMILES string of the molecule is O=C(CCc1nnc(-c2ccsc2)o1)NC1(C(=O)O)CCC1. The number of carboxylic acids is 1. The minimum Gasteiger partial charge on any atom is -0.480 e. The first kappa shape index (κ1) is 14.7. The molecular formula is C14H15N3O4S. The molecule has 1 aliphatic carbocycles. The van der Waals surface area contributed by atoms with Gasteiger partial charge in [0.15, 0.2) is 0 Å². The van der Waals surface area contributed by atoms with E-state index < -0.39 is 11.5 Å². The highest BCUT2D eigenvalue weighted by Crippen LogP contribution is 2.32. The number of aliphatic carboxylic acids is 1. The van der Waals surface area contributed by atoms with Gasteiger partial charge in [0.05, 0.1) is 0 Å². The summed E-state index contributed by atoms with van der Waals surface area (Å²) in [7, 11) is 0. The van der Waals surface area contributed by atoms with Gasteiger partial charge in [-0.25, -0.2) is 4.79 Å². The number of hydrogen-bond donors (Lipinski definition) is 2. The van der Waals surface area contributed by atoms with Crippen LogP contribution >= 0.6 is 11.3 Å². The first-order chi connectivity index (χ1) is 10.6. The summed E-state index contributed by atoms with van der Waals surface area (Å²) in [5.74, 6) is -0.478. The Balaban J connectivity index is 1.54. The number of amides is 1. The molecule has 2 aromatic heterocycles. The van der Waals surface area contributed by atoms with Crippen molar-refractivity contribution in [2.45, 2.75) is 37.6 Å². The minimum atomic E-state index is -1.08. The molecule has 2 N–H and O–H groups in total. The van der Waals surface area contributed by atoms with Crippen LogP contribution in [0.15, 0.2) is 21.2 Å². The Labute approximate surface area is 130 Å². The number of carbonyl (C=O) groups excluding carboxylic acids is 1. The highest BCUT2D eigenvalue weighted by atomic mass is 32.1. The molecule has 0 aliphatic heterocycles. The fourth-order valence-corrected chi connectivity index (χ4v) is 2.96. The van der Waals surface area contributed by atoms with E-state index >= 15 is 0 Å². The Kier molecular flexibility index (Phi) is 3.93. The van der Waals surface area contributed by atoms with Crippen LogP contribution in [-0.4, -0.2) is 32.7 Å². The summed E-state index contributed by atoms with van der Waals surface area (Å²) in [4.78, 5) is 23.1. The number of carbonyl (C=O) groups is 2. The third-order valence-corrected chi connectivity index (χ3v) is 4.48. The molecular weight excluding hydrogens is 306 g/mol. The van der Waals surface area contributed by atoms with Gasteiger partial charge in [-0.15, -0.1) is 10.2 Å². The van der Waals surface area contributed by atoms with Crippen molar-refractivity contribution in [3.8, 4) is 11.5 Å². The minimum absolute atomic E-state index is 0.125. The van der Waals surface area contributed by atoms with Crippen molar-refractivity contribution in [2.75, 3.05) is 0 Å². The lowest BCUT2D eigenvalue weighted by molar-refractivity contribution is -0.151. The van der Waals surface area contributed by atoms with Crippen LogP contribution in [0.1, 0.15) is 31.6 Å². The maximum atomic E-state index is 11.9. The molecule has 0 atom stereocenters. The summed E-state index contributed by atoms with van der Waals surface area (Å²) in [6.07, 6.45) is 2.20. The molecule has 3 rings (SSSR count). The van der Waals surface area contributed by atoms with Gasteiger partial charge in [-0.3, -0.25) is 4.79 Å². The lowest BCUT2D eigenvalue weighted by Gasteiger charge is -2.38. The van der Waals surface area contributed by atoms with Gasteiger partial charge in [0.25, 0.3) is 0 Å². The number of carboxylic acid groups (broad SMARTS) is 1. The lowest BCUT2D eigenvalue weighted by Crippen LogP contribution is -2.59. The Morgan fingerprint density at radius 1 is 1.41 bits per heavy atom. The molecule has 1 fully saturated rings.